The van der Waals surface area contributed by atoms with Crippen LogP contribution in [0.3, 0.4) is 0 Å². The maximum Gasteiger partial charge on any atom is 0.253 e. The Morgan fingerprint density at radius 2 is 1.92 bits per heavy atom. The van der Waals surface area contributed by atoms with Crippen LogP contribution in [0.15, 0.2) is 29.1 Å². The fraction of sp³-hybridized carbons (Fsp3) is 0.630. The quantitative estimate of drug-likeness (QED) is 0.567. The predicted octanol–water partition coefficient (Wildman–Crippen LogP) is 3.04. The molecule has 2 aliphatic heterocycles. The number of nitrogens with zero attached hydrogens (tertiary/aromatic N) is 6. The van der Waals surface area contributed by atoms with Crippen LogP contribution in [0, 0.1) is 6.92 Å². The van der Waals surface area contributed by atoms with Crippen molar-refractivity contribution in [3.05, 3.63) is 51.6 Å². The number of hydrogen-bond donors (Lipinski definition) is 1. The Balaban J connectivity index is 1.34. The summed E-state index contributed by atoms with van der Waals surface area (Å²) in [7, 11) is 0. The van der Waals surface area contributed by atoms with Gasteiger partial charge in [-0.3, -0.25) is 14.6 Å². The molecule has 0 bridgehead atoms. The van der Waals surface area contributed by atoms with E-state index < -0.39 is 0 Å². The minimum absolute atomic E-state index is 0.0665. The molecule has 3 aromatic rings. The zero-order valence-corrected chi connectivity index (χ0v) is 21.2. The molecule has 2 aromatic heterocycles. The van der Waals surface area contributed by atoms with Crippen LogP contribution >= 0.6 is 0 Å². The lowest BCUT2D eigenvalue weighted by molar-refractivity contribution is 0.0593. The number of benzene rings is 1. The van der Waals surface area contributed by atoms with E-state index in [0.717, 1.165) is 67.9 Å². The van der Waals surface area contributed by atoms with Crippen LogP contribution in [-0.2, 0) is 11.3 Å². The Morgan fingerprint density at radius 3 is 2.69 bits per heavy atom. The second kappa shape index (κ2) is 10.4. The molecule has 0 amide bonds. The van der Waals surface area contributed by atoms with E-state index in [1.807, 2.05) is 29.8 Å². The Hall–Kier alpha value is -2.62. The highest BCUT2D eigenvalue weighted by Crippen LogP contribution is 2.30. The molecule has 2 saturated heterocycles. The minimum Gasteiger partial charge on any atom is -0.376 e. The third-order valence-corrected chi connectivity index (χ3v) is 8.42. The van der Waals surface area contributed by atoms with Gasteiger partial charge < -0.3 is 9.72 Å². The Labute approximate surface area is 211 Å². The molecule has 0 spiro atoms. The van der Waals surface area contributed by atoms with Crippen LogP contribution in [0.2, 0.25) is 0 Å². The van der Waals surface area contributed by atoms with E-state index in [-0.39, 0.29) is 17.7 Å². The van der Waals surface area contributed by atoms with Gasteiger partial charge in [-0.15, -0.1) is 5.10 Å². The third kappa shape index (κ3) is 4.71. The predicted molar refractivity (Wildman–Crippen MR) is 138 cm³/mol. The zero-order valence-electron chi connectivity index (χ0n) is 21.2. The molecule has 3 fully saturated rings. The van der Waals surface area contributed by atoms with Crippen molar-refractivity contribution in [1.29, 1.82) is 0 Å². The number of tetrazole rings is 1. The summed E-state index contributed by atoms with van der Waals surface area (Å²) in [5, 5.41) is 13.9. The summed E-state index contributed by atoms with van der Waals surface area (Å²) in [6, 6.07) is 8.58. The van der Waals surface area contributed by atoms with Crippen LogP contribution in [0.1, 0.15) is 67.9 Å². The van der Waals surface area contributed by atoms with E-state index in [1.54, 1.807) is 0 Å². The molecule has 1 aromatic carbocycles. The SMILES string of the molecule is Cc1cccc2cc(C(c3nnnn3CC3CCCO3)N3CCN(C4CCCCC4)CC3)c(=O)[nH]c12. The highest BCUT2D eigenvalue weighted by molar-refractivity contribution is 5.82. The molecular weight excluding hydrogens is 454 g/mol. The zero-order chi connectivity index (χ0) is 24.5. The molecule has 4 heterocycles. The number of para-hydroxylation sites is 1. The monoisotopic (exact) mass is 491 g/mol. The van der Waals surface area contributed by atoms with E-state index in [2.05, 4.69) is 36.4 Å². The van der Waals surface area contributed by atoms with Gasteiger partial charge in [-0.25, -0.2) is 4.68 Å². The van der Waals surface area contributed by atoms with Crippen molar-refractivity contribution in [2.24, 2.45) is 0 Å². The van der Waals surface area contributed by atoms with E-state index in [1.165, 1.54) is 32.1 Å². The maximum atomic E-state index is 13.5. The van der Waals surface area contributed by atoms with Gasteiger partial charge in [0.15, 0.2) is 5.82 Å². The van der Waals surface area contributed by atoms with E-state index in [9.17, 15) is 4.79 Å². The number of ether oxygens (including phenoxy) is 1. The van der Waals surface area contributed by atoms with Gasteiger partial charge in [0.25, 0.3) is 5.56 Å². The molecule has 2 unspecified atom stereocenters. The molecule has 192 valence electrons. The number of aromatic nitrogens is 5. The smallest absolute Gasteiger partial charge is 0.253 e. The lowest BCUT2D eigenvalue weighted by atomic mass is 9.93. The van der Waals surface area contributed by atoms with Crippen molar-refractivity contribution >= 4 is 10.9 Å². The molecule has 0 radical (unpaired) electrons. The average molecular weight is 492 g/mol. The summed E-state index contributed by atoms with van der Waals surface area (Å²) in [5.74, 6) is 0.731. The first-order chi connectivity index (χ1) is 17.7. The fourth-order valence-electron chi connectivity index (χ4n) is 6.43. The van der Waals surface area contributed by atoms with Crippen molar-refractivity contribution in [2.75, 3.05) is 32.8 Å². The van der Waals surface area contributed by atoms with Gasteiger partial charge in [-0.2, -0.15) is 0 Å². The molecule has 6 rings (SSSR count). The van der Waals surface area contributed by atoms with Gasteiger partial charge in [-0.1, -0.05) is 37.5 Å². The third-order valence-electron chi connectivity index (χ3n) is 8.42. The topological polar surface area (TPSA) is 92.2 Å². The minimum atomic E-state index is -0.302. The Kier molecular flexibility index (Phi) is 6.86. The summed E-state index contributed by atoms with van der Waals surface area (Å²) in [5.41, 5.74) is 2.61. The summed E-state index contributed by atoms with van der Waals surface area (Å²) >= 11 is 0. The second-order valence-corrected chi connectivity index (χ2v) is 10.7. The van der Waals surface area contributed by atoms with Crippen molar-refractivity contribution < 1.29 is 4.74 Å². The number of H-pyrrole nitrogens is 1. The molecule has 9 heteroatoms. The average Bonchev–Trinajstić information content (AvgIpc) is 3.59. The number of rotatable bonds is 6. The number of fused-ring (bicyclic) bond motifs is 1. The van der Waals surface area contributed by atoms with Gasteiger partial charge in [0.1, 0.15) is 6.04 Å². The van der Waals surface area contributed by atoms with E-state index >= 15 is 0 Å². The van der Waals surface area contributed by atoms with Crippen molar-refractivity contribution in [1.82, 2.24) is 35.0 Å². The first-order valence-electron chi connectivity index (χ1n) is 13.7. The number of hydrogen-bond acceptors (Lipinski definition) is 7. The molecular formula is C27H37N7O2. The normalized spacial score (nSPS) is 23.4. The number of piperazine rings is 1. The second-order valence-electron chi connectivity index (χ2n) is 10.7. The highest BCUT2D eigenvalue weighted by Gasteiger charge is 2.35. The summed E-state index contributed by atoms with van der Waals surface area (Å²) in [6.45, 7) is 7.24. The summed E-state index contributed by atoms with van der Waals surface area (Å²) in [4.78, 5) is 21.8. The van der Waals surface area contributed by atoms with Crippen LogP contribution in [0.4, 0.5) is 0 Å². The van der Waals surface area contributed by atoms with Gasteiger partial charge in [0.05, 0.1) is 18.2 Å². The standard InChI is InChI=1S/C27H37N7O2/c1-19-7-5-8-20-17-23(27(35)28-24(19)20)25(26-29-30-31-34(26)18-22-11-6-16-36-22)33-14-12-32(13-15-33)21-9-3-2-4-10-21/h5,7-8,17,21-22,25H,2-4,6,9-16,18H2,1H3,(H,28,35). The van der Waals surface area contributed by atoms with Crippen LogP contribution in [0.25, 0.3) is 10.9 Å². The van der Waals surface area contributed by atoms with Gasteiger partial charge >= 0.3 is 0 Å². The fourth-order valence-corrected chi connectivity index (χ4v) is 6.43. The van der Waals surface area contributed by atoms with Gasteiger partial charge in [0.2, 0.25) is 0 Å². The van der Waals surface area contributed by atoms with E-state index in [0.29, 0.717) is 18.2 Å². The lowest BCUT2D eigenvalue weighted by Crippen LogP contribution is -2.52. The maximum absolute atomic E-state index is 13.5. The van der Waals surface area contributed by atoms with Crippen molar-refractivity contribution in [3.8, 4) is 0 Å². The highest BCUT2D eigenvalue weighted by atomic mass is 16.5. The first kappa shape index (κ1) is 23.8. The molecule has 2 atom stereocenters. The Morgan fingerprint density at radius 1 is 1.08 bits per heavy atom. The summed E-state index contributed by atoms with van der Waals surface area (Å²) in [6.07, 6.45) is 8.89. The number of nitrogens with one attached hydrogen (secondary N) is 1. The van der Waals surface area contributed by atoms with Crippen LogP contribution in [0.5, 0.6) is 0 Å². The van der Waals surface area contributed by atoms with Gasteiger partial charge in [0, 0.05) is 44.4 Å². The molecule has 1 aliphatic carbocycles. The summed E-state index contributed by atoms with van der Waals surface area (Å²) < 4.78 is 7.75. The number of pyridine rings is 1. The molecule has 1 saturated carbocycles. The van der Waals surface area contributed by atoms with Crippen molar-refractivity contribution in [3.63, 3.8) is 0 Å². The molecule has 36 heavy (non-hydrogen) atoms. The molecule has 3 aliphatic rings. The van der Waals surface area contributed by atoms with E-state index in [4.69, 9.17) is 4.74 Å². The van der Waals surface area contributed by atoms with Crippen molar-refractivity contribution in [2.45, 2.75) is 76.6 Å². The Bertz CT molecular complexity index is 1230. The molecule has 1 N–H and O–H groups in total. The van der Waals surface area contributed by atoms with Crippen LogP contribution in [-0.4, -0.2) is 79.9 Å². The van der Waals surface area contributed by atoms with Gasteiger partial charge in [-0.05, 0) is 60.0 Å². The first-order valence-corrected chi connectivity index (χ1v) is 13.7. The number of aromatic amines is 1. The molecule has 9 nitrogen and oxygen atoms in total. The lowest BCUT2D eigenvalue weighted by Gasteiger charge is -2.43. The largest absolute Gasteiger partial charge is 0.376 e. The van der Waals surface area contributed by atoms with Crippen LogP contribution < -0.4 is 5.56 Å². The number of aryl methyl sites for hydroxylation is 1.